The Morgan fingerprint density at radius 3 is 2.00 bits per heavy atom. The summed E-state index contributed by atoms with van der Waals surface area (Å²) in [6.07, 6.45) is 0. The van der Waals surface area contributed by atoms with Gasteiger partial charge < -0.3 is 4.18 Å². The van der Waals surface area contributed by atoms with Crippen molar-refractivity contribution in [3.8, 4) is 0 Å². The largest absolute Gasteiger partial charge is 0.348 e. The van der Waals surface area contributed by atoms with Crippen LogP contribution in [0.5, 0.6) is 0 Å². The molecule has 0 rings (SSSR count). The molecule has 0 spiro atoms. The van der Waals surface area contributed by atoms with E-state index in [1.54, 1.807) is 0 Å². The first-order valence-corrected chi connectivity index (χ1v) is 5.25. The zero-order valence-corrected chi connectivity index (χ0v) is 6.63. The van der Waals surface area contributed by atoms with E-state index in [1.165, 1.54) is 0 Å². The van der Waals surface area contributed by atoms with Gasteiger partial charge in [0.2, 0.25) is 5.08 Å². The predicted octanol–water partition coefficient (Wildman–Crippen LogP) is -1.67. The lowest BCUT2D eigenvalue weighted by Crippen LogP contribution is -2.17. The molecule has 66 valence electrons. The van der Waals surface area contributed by atoms with Gasteiger partial charge in [-0.05, 0) is 0 Å². The standard InChI is InChI=1S/C2H4O7S2/c3-1-9-11(7,8)2-10(4,5)6/h1H,2H2,(H,4,5,6). The van der Waals surface area contributed by atoms with Gasteiger partial charge in [0.05, 0.1) is 0 Å². The summed E-state index contributed by atoms with van der Waals surface area (Å²) in [5.41, 5.74) is 0. The Morgan fingerprint density at radius 1 is 1.27 bits per heavy atom. The molecule has 0 heterocycles. The first-order chi connectivity index (χ1) is 4.77. The van der Waals surface area contributed by atoms with Crippen molar-refractivity contribution in [2.45, 2.75) is 0 Å². The Bertz CT molecular complexity index is 319. The van der Waals surface area contributed by atoms with Gasteiger partial charge in [-0.3, -0.25) is 9.35 Å². The van der Waals surface area contributed by atoms with E-state index in [9.17, 15) is 21.6 Å². The van der Waals surface area contributed by atoms with Gasteiger partial charge in [-0.15, -0.1) is 0 Å². The van der Waals surface area contributed by atoms with Crippen LogP contribution in [0.15, 0.2) is 0 Å². The van der Waals surface area contributed by atoms with Crippen LogP contribution in [0.3, 0.4) is 0 Å². The van der Waals surface area contributed by atoms with Crippen molar-refractivity contribution in [3.05, 3.63) is 0 Å². The predicted molar refractivity (Wildman–Crippen MR) is 32.5 cm³/mol. The SMILES string of the molecule is O=COS(=O)(=O)CS(=O)(=O)O. The first-order valence-electron chi connectivity index (χ1n) is 2.06. The van der Waals surface area contributed by atoms with Gasteiger partial charge in [-0.2, -0.15) is 16.8 Å². The van der Waals surface area contributed by atoms with Crippen molar-refractivity contribution >= 4 is 26.7 Å². The van der Waals surface area contributed by atoms with E-state index in [0.717, 1.165) is 0 Å². The molecule has 0 amide bonds. The zero-order chi connectivity index (χ0) is 9.12. The molecule has 0 aliphatic carbocycles. The van der Waals surface area contributed by atoms with E-state index >= 15 is 0 Å². The van der Waals surface area contributed by atoms with Crippen LogP contribution in [0.25, 0.3) is 0 Å². The fourth-order valence-electron chi connectivity index (χ4n) is 0.270. The van der Waals surface area contributed by atoms with Crippen LogP contribution in [0.2, 0.25) is 0 Å². The maximum Gasteiger partial charge on any atom is 0.328 e. The maximum absolute atomic E-state index is 10.3. The summed E-state index contributed by atoms with van der Waals surface area (Å²) in [4.78, 5) is 9.43. The molecule has 7 nitrogen and oxygen atoms in total. The van der Waals surface area contributed by atoms with Crippen LogP contribution in [0.4, 0.5) is 0 Å². The highest BCUT2D eigenvalue weighted by atomic mass is 32.3. The van der Waals surface area contributed by atoms with Gasteiger partial charge in [0.25, 0.3) is 10.1 Å². The quantitative estimate of drug-likeness (QED) is 0.331. The lowest BCUT2D eigenvalue weighted by atomic mass is 11.7. The summed E-state index contributed by atoms with van der Waals surface area (Å²) in [6.45, 7) is -0.444. The van der Waals surface area contributed by atoms with Gasteiger partial charge in [0, 0.05) is 0 Å². The van der Waals surface area contributed by atoms with E-state index in [4.69, 9.17) is 4.55 Å². The number of hydrogen-bond donors (Lipinski definition) is 1. The third kappa shape index (κ3) is 5.76. The highest BCUT2D eigenvalue weighted by Gasteiger charge is 2.20. The summed E-state index contributed by atoms with van der Waals surface area (Å²) in [6, 6.07) is 0. The van der Waals surface area contributed by atoms with Gasteiger partial charge in [0.15, 0.2) is 0 Å². The van der Waals surface area contributed by atoms with Crippen molar-refractivity contribution in [3.63, 3.8) is 0 Å². The molecule has 0 fully saturated rings. The van der Waals surface area contributed by atoms with Crippen molar-refractivity contribution < 1.29 is 30.4 Å². The molecular weight excluding hydrogens is 200 g/mol. The third-order valence-corrected chi connectivity index (χ3v) is 3.20. The van der Waals surface area contributed by atoms with E-state index < -0.39 is 31.8 Å². The van der Waals surface area contributed by atoms with Crippen molar-refractivity contribution in [1.82, 2.24) is 0 Å². The minimum absolute atomic E-state index is 0.444. The van der Waals surface area contributed by atoms with Gasteiger partial charge >= 0.3 is 16.6 Å². The second-order valence-corrected chi connectivity index (χ2v) is 4.86. The Kier molecular flexibility index (Phi) is 2.96. The minimum atomic E-state index is -4.68. The Hall–Kier alpha value is -0.670. The zero-order valence-electron chi connectivity index (χ0n) is 5.00. The summed E-state index contributed by atoms with van der Waals surface area (Å²) in [7, 11) is -9.17. The Morgan fingerprint density at radius 2 is 1.73 bits per heavy atom. The van der Waals surface area contributed by atoms with Crippen molar-refractivity contribution in [2.75, 3.05) is 5.08 Å². The molecule has 0 aliphatic heterocycles. The average molecular weight is 204 g/mol. The number of carbonyl (C=O) groups is 1. The second kappa shape index (κ2) is 3.15. The monoisotopic (exact) mass is 204 g/mol. The van der Waals surface area contributed by atoms with Crippen LogP contribution in [-0.4, -0.2) is 32.9 Å². The molecule has 9 heteroatoms. The molecule has 0 aromatic rings. The summed E-state index contributed by atoms with van der Waals surface area (Å²) < 4.78 is 51.6. The van der Waals surface area contributed by atoms with Gasteiger partial charge in [0.1, 0.15) is 0 Å². The van der Waals surface area contributed by atoms with E-state index in [-0.39, 0.29) is 0 Å². The van der Waals surface area contributed by atoms with E-state index in [1.807, 2.05) is 0 Å². The lowest BCUT2D eigenvalue weighted by molar-refractivity contribution is -0.120. The van der Waals surface area contributed by atoms with Crippen molar-refractivity contribution in [2.24, 2.45) is 0 Å². The molecule has 0 radical (unpaired) electrons. The maximum atomic E-state index is 10.3. The molecule has 0 unspecified atom stereocenters. The molecule has 0 aliphatic rings. The summed E-state index contributed by atoms with van der Waals surface area (Å²) in [5.74, 6) is 0. The number of rotatable bonds is 4. The molecule has 0 atom stereocenters. The Balaban J connectivity index is 4.52. The second-order valence-electron chi connectivity index (χ2n) is 1.45. The fraction of sp³-hybridized carbons (Fsp3) is 0.500. The molecular formula is C2H4O7S2. The molecule has 0 saturated carbocycles. The summed E-state index contributed by atoms with van der Waals surface area (Å²) in [5, 5.41) is -1.63. The van der Waals surface area contributed by atoms with Gasteiger partial charge in [-0.25, -0.2) is 0 Å². The van der Waals surface area contributed by atoms with Crippen LogP contribution in [-0.2, 0) is 29.2 Å². The van der Waals surface area contributed by atoms with Crippen LogP contribution in [0, 0.1) is 0 Å². The highest BCUT2D eigenvalue weighted by molar-refractivity contribution is 8.03. The normalized spacial score (nSPS) is 12.5. The molecule has 0 aromatic heterocycles. The Labute approximate surface area is 62.8 Å². The lowest BCUT2D eigenvalue weighted by Gasteiger charge is -1.95. The highest BCUT2D eigenvalue weighted by Crippen LogP contribution is 1.94. The first kappa shape index (κ1) is 10.3. The number of hydrogen-bond acceptors (Lipinski definition) is 6. The topological polar surface area (TPSA) is 115 Å². The smallest absolute Gasteiger partial charge is 0.328 e. The van der Waals surface area contributed by atoms with Crippen LogP contribution < -0.4 is 0 Å². The van der Waals surface area contributed by atoms with Crippen LogP contribution >= 0.6 is 0 Å². The molecule has 0 saturated heterocycles. The van der Waals surface area contributed by atoms with Gasteiger partial charge in [-0.1, -0.05) is 0 Å². The average Bonchev–Trinajstić information content (AvgIpc) is 1.55. The minimum Gasteiger partial charge on any atom is -0.348 e. The van der Waals surface area contributed by atoms with Crippen molar-refractivity contribution in [1.29, 1.82) is 0 Å². The fourth-order valence-corrected chi connectivity index (χ4v) is 2.07. The molecule has 0 aromatic carbocycles. The molecule has 11 heavy (non-hydrogen) atoms. The van der Waals surface area contributed by atoms with Crippen LogP contribution in [0.1, 0.15) is 0 Å². The molecule has 1 N–H and O–H groups in total. The third-order valence-electron chi connectivity index (χ3n) is 0.479. The van der Waals surface area contributed by atoms with E-state index in [0.29, 0.717) is 0 Å². The van der Waals surface area contributed by atoms with E-state index in [2.05, 4.69) is 4.18 Å². The molecule has 0 bridgehead atoms. The summed E-state index contributed by atoms with van der Waals surface area (Å²) >= 11 is 0. The number of carbonyl (C=O) groups excluding carboxylic acids is 1.